The van der Waals surface area contributed by atoms with Crippen LogP contribution in [-0.4, -0.2) is 23.3 Å². The summed E-state index contributed by atoms with van der Waals surface area (Å²) in [6, 6.07) is 9.11. The first-order valence-corrected chi connectivity index (χ1v) is 8.66. The normalized spacial score (nSPS) is 12.3. The second-order valence-electron chi connectivity index (χ2n) is 4.74. The molecule has 5 heteroatoms. The number of benzene rings is 1. The number of nitrogens with zero attached hydrogens (tertiary/aromatic N) is 1. The quantitative estimate of drug-likeness (QED) is 0.737. The molecule has 1 aromatic carbocycles. The fourth-order valence-electron chi connectivity index (χ4n) is 2.06. The van der Waals surface area contributed by atoms with Crippen LogP contribution in [0.4, 0.5) is 4.39 Å². The van der Waals surface area contributed by atoms with E-state index >= 15 is 0 Å². The number of hydrogen-bond acceptors (Lipinski definition) is 3. The summed E-state index contributed by atoms with van der Waals surface area (Å²) in [6.45, 7) is 3.03. The number of hydrogen-bond donors (Lipinski definition) is 1. The molecule has 1 atom stereocenters. The number of thioether (sulfide) groups is 1. The van der Waals surface area contributed by atoms with Gasteiger partial charge in [-0.3, -0.25) is 4.98 Å². The third-order valence-corrected chi connectivity index (χ3v) is 4.61. The zero-order valence-electron chi connectivity index (χ0n) is 11.9. The Morgan fingerprint density at radius 1 is 1.29 bits per heavy atom. The first-order chi connectivity index (χ1) is 10.2. The second-order valence-corrected chi connectivity index (χ2v) is 6.74. The smallest absolute Gasteiger partial charge is 0.123 e. The number of likely N-dealkylation sites (N-methyl/N-ethyl adjacent to an activating group) is 1. The summed E-state index contributed by atoms with van der Waals surface area (Å²) in [5, 5.41) is 3.49. The molecule has 0 saturated carbocycles. The molecule has 1 unspecified atom stereocenters. The summed E-state index contributed by atoms with van der Waals surface area (Å²) < 4.78 is 13.9. The predicted molar refractivity (Wildman–Crippen MR) is 90.2 cm³/mol. The van der Waals surface area contributed by atoms with Crippen molar-refractivity contribution in [2.75, 3.05) is 12.3 Å². The van der Waals surface area contributed by atoms with E-state index in [1.807, 2.05) is 18.3 Å². The fourth-order valence-corrected chi connectivity index (χ4v) is 3.43. The van der Waals surface area contributed by atoms with Gasteiger partial charge < -0.3 is 5.32 Å². The average Bonchev–Trinajstić information content (AvgIpc) is 2.47. The zero-order chi connectivity index (χ0) is 15.1. The summed E-state index contributed by atoms with van der Waals surface area (Å²) in [5.74, 6) is 0.745. The van der Waals surface area contributed by atoms with Crippen molar-refractivity contribution in [1.82, 2.24) is 10.3 Å². The molecule has 0 bridgehead atoms. The number of halogens is 2. The maximum atomic E-state index is 12.9. The molecule has 0 spiro atoms. The molecule has 0 aliphatic heterocycles. The Kier molecular flexibility index (Phi) is 6.67. The molecule has 0 aliphatic carbocycles. The highest BCUT2D eigenvalue weighted by atomic mass is 79.9. The highest BCUT2D eigenvalue weighted by Crippen LogP contribution is 2.20. The van der Waals surface area contributed by atoms with Crippen molar-refractivity contribution in [2.45, 2.75) is 24.3 Å². The summed E-state index contributed by atoms with van der Waals surface area (Å²) in [6.07, 6.45) is 4.62. The molecule has 0 radical (unpaired) electrons. The van der Waals surface area contributed by atoms with Crippen LogP contribution in [0, 0.1) is 5.82 Å². The Hall–Kier alpha value is -0.910. The van der Waals surface area contributed by atoms with Gasteiger partial charge in [0.25, 0.3) is 0 Å². The first kappa shape index (κ1) is 16.5. The minimum Gasteiger partial charge on any atom is -0.313 e. The van der Waals surface area contributed by atoms with Crippen LogP contribution in [-0.2, 0) is 6.42 Å². The third kappa shape index (κ3) is 5.77. The van der Waals surface area contributed by atoms with Crippen molar-refractivity contribution in [1.29, 1.82) is 0 Å². The van der Waals surface area contributed by atoms with Gasteiger partial charge in [-0.1, -0.05) is 6.92 Å². The van der Waals surface area contributed by atoms with Gasteiger partial charge in [0.05, 0.1) is 0 Å². The van der Waals surface area contributed by atoms with Crippen molar-refractivity contribution in [3.05, 3.63) is 58.6 Å². The molecule has 0 fully saturated rings. The van der Waals surface area contributed by atoms with Gasteiger partial charge >= 0.3 is 0 Å². The minimum atomic E-state index is -0.192. The highest BCUT2D eigenvalue weighted by Gasteiger charge is 2.10. The molecule has 0 amide bonds. The fraction of sp³-hybridized carbons (Fsp3) is 0.312. The molecular formula is C16H18BrFN2S. The lowest BCUT2D eigenvalue weighted by molar-refractivity contribution is 0.572. The molecule has 2 nitrogen and oxygen atoms in total. The van der Waals surface area contributed by atoms with Crippen LogP contribution in [0.15, 0.2) is 52.1 Å². The van der Waals surface area contributed by atoms with Gasteiger partial charge in [0.2, 0.25) is 0 Å². The van der Waals surface area contributed by atoms with Crippen LogP contribution in [0.1, 0.15) is 12.5 Å². The molecule has 21 heavy (non-hydrogen) atoms. The molecule has 112 valence electrons. The lowest BCUT2D eigenvalue weighted by Gasteiger charge is -2.17. The molecule has 0 saturated heterocycles. The van der Waals surface area contributed by atoms with E-state index in [9.17, 15) is 4.39 Å². The topological polar surface area (TPSA) is 24.9 Å². The number of nitrogens with one attached hydrogen (secondary N) is 1. The summed E-state index contributed by atoms with van der Waals surface area (Å²) in [4.78, 5) is 5.29. The molecule has 1 N–H and O–H groups in total. The van der Waals surface area contributed by atoms with Crippen molar-refractivity contribution < 1.29 is 4.39 Å². The van der Waals surface area contributed by atoms with E-state index < -0.39 is 0 Å². The Labute approximate surface area is 137 Å². The predicted octanol–water partition coefficient (Wildman–Crippen LogP) is 4.30. The first-order valence-electron chi connectivity index (χ1n) is 6.88. The van der Waals surface area contributed by atoms with Crippen LogP contribution >= 0.6 is 27.7 Å². The van der Waals surface area contributed by atoms with Crippen LogP contribution in [0.3, 0.4) is 0 Å². The SMILES string of the molecule is CCNC(CSc1ccc(F)cc1)Cc1cncc(Br)c1. The summed E-state index contributed by atoms with van der Waals surface area (Å²) >= 11 is 5.19. The van der Waals surface area contributed by atoms with Crippen LogP contribution in [0.5, 0.6) is 0 Å². The van der Waals surface area contributed by atoms with E-state index in [4.69, 9.17) is 0 Å². The minimum absolute atomic E-state index is 0.192. The van der Waals surface area contributed by atoms with E-state index in [0.29, 0.717) is 6.04 Å². The number of pyridine rings is 1. The number of aromatic nitrogens is 1. The Bertz CT molecular complexity index is 562. The standard InChI is InChI=1S/C16H18BrFN2S/c1-2-20-15(8-12-7-13(17)10-19-9-12)11-21-16-5-3-14(18)4-6-16/h3-7,9-10,15,20H,2,8,11H2,1H3. The van der Waals surface area contributed by atoms with Crippen LogP contribution in [0.2, 0.25) is 0 Å². The van der Waals surface area contributed by atoms with Gasteiger partial charge in [0.1, 0.15) is 5.82 Å². The molecule has 2 rings (SSSR count). The Morgan fingerprint density at radius 3 is 2.71 bits per heavy atom. The van der Waals surface area contributed by atoms with Crippen molar-refractivity contribution in [3.8, 4) is 0 Å². The van der Waals surface area contributed by atoms with E-state index in [1.54, 1.807) is 18.0 Å². The molecule has 1 heterocycles. The van der Waals surface area contributed by atoms with Gasteiger partial charge in [-0.05, 0) is 64.8 Å². The van der Waals surface area contributed by atoms with E-state index in [2.05, 4.69) is 39.2 Å². The maximum absolute atomic E-state index is 12.9. The summed E-state index contributed by atoms with van der Waals surface area (Å²) in [7, 11) is 0. The lowest BCUT2D eigenvalue weighted by Crippen LogP contribution is -2.33. The van der Waals surface area contributed by atoms with Crippen LogP contribution in [0.25, 0.3) is 0 Å². The van der Waals surface area contributed by atoms with Gasteiger partial charge in [0, 0.05) is 33.6 Å². The van der Waals surface area contributed by atoms with Gasteiger partial charge in [-0.2, -0.15) is 0 Å². The molecule has 0 aliphatic rings. The van der Waals surface area contributed by atoms with Gasteiger partial charge in [-0.25, -0.2) is 4.39 Å². The van der Waals surface area contributed by atoms with Crippen molar-refractivity contribution >= 4 is 27.7 Å². The van der Waals surface area contributed by atoms with Crippen molar-refractivity contribution in [3.63, 3.8) is 0 Å². The third-order valence-electron chi connectivity index (χ3n) is 3.00. The second kappa shape index (κ2) is 8.51. The van der Waals surface area contributed by atoms with Crippen LogP contribution < -0.4 is 5.32 Å². The largest absolute Gasteiger partial charge is 0.313 e. The van der Waals surface area contributed by atoms with Crippen molar-refractivity contribution in [2.24, 2.45) is 0 Å². The van der Waals surface area contributed by atoms with E-state index in [1.165, 1.54) is 17.7 Å². The average molecular weight is 369 g/mol. The number of rotatable bonds is 7. The molecule has 1 aromatic heterocycles. The lowest BCUT2D eigenvalue weighted by atomic mass is 10.1. The Morgan fingerprint density at radius 2 is 2.05 bits per heavy atom. The Balaban J connectivity index is 1.93. The molecule has 2 aromatic rings. The van der Waals surface area contributed by atoms with E-state index in [-0.39, 0.29) is 5.82 Å². The van der Waals surface area contributed by atoms with Gasteiger partial charge in [0.15, 0.2) is 0 Å². The zero-order valence-corrected chi connectivity index (χ0v) is 14.3. The highest BCUT2D eigenvalue weighted by molar-refractivity contribution is 9.10. The van der Waals surface area contributed by atoms with E-state index in [0.717, 1.165) is 28.1 Å². The van der Waals surface area contributed by atoms with Gasteiger partial charge in [-0.15, -0.1) is 11.8 Å². The molecular weight excluding hydrogens is 351 g/mol. The monoisotopic (exact) mass is 368 g/mol. The maximum Gasteiger partial charge on any atom is 0.123 e. The summed E-state index contributed by atoms with van der Waals surface area (Å²) in [5.41, 5.74) is 1.20.